The second kappa shape index (κ2) is 9.77. The second-order valence-electron chi connectivity index (χ2n) is 8.80. The normalized spacial score (nSPS) is 15.7. The highest BCUT2D eigenvalue weighted by Crippen LogP contribution is 2.28. The summed E-state index contributed by atoms with van der Waals surface area (Å²) in [6.45, 7) is 7.42. The Morgan fingerprint density at radius 3 is 2.29 bits per heavy atom. The fourth-order valence-corrected chi connectivity index (χ4v) is 4.17. The van der Waals surface area contributed by atoms with Crippen LogP contribution in [0.5, 0.6) is 0 Å². The van der Waals surface area contributed by atoms with E-state index in [9.17, 15) is 13.6 Å². The lowest BCUT2D eigenvalue weighted by Crippen LogP contribution is -2.46. The highest BCUT2D eigenvalue weighted by molar-refractivity contribution is 5.90. The van der Waals surface area contributed by atoms with Crippen molar-refractivity contribution < 1.29 is 18.3 Å². The number of carbonyl (C=O) groups excluding carboxylic acids is 1. The van der Waals surface area contributed by atoms with Crippen LogP contribution in [0, 0.1) is 5.82 Å². The van der Waals surface area contributed by atoms with Crippen molar-refractivity contribution in [1.82, 2.24) is 4.90 Å². The summed E-state index contributed by atoms with van der Waals surface area (Å²) in [6, 6.07) is 13.0. The number of halogens is 2. The summed E-state index contributed by atoms with van der Waals surface area (Å²) in [7, 11) is 2.09. The molecule has 0 aliphatic carbocycles. The number of likely N-dealkylation sites (tertiary alicyclic amines) is 1. The smallest absolute Gasteiger partial charge is 0.341 e. The fraction of sp³-hybridized carbons (Fsp3) is 0.480. The van der Waals surface area contributed by atoms with Gasteiger partial charge in [0.05, 0.1) is 12.2 Å². The molecule has 0 saturated carbocycles. The Labute approximate surface area is 183 Å². The molecule has 1 aliphatic rings. The quantitative estimate of drug-likeness (QED) is 0.557. The Hall–Kier alpha value is -2.47. The van der Waals surface area contributed by atoms with E-state index in [1.807, 2.05) is 24.3 Å². The molecule has 0 radical (unpaired) electrons. The van der Waals surface area contributed by atoms with Crippen molar-refractivity contribution in [3.8, 4) is 11.1 Å². The summed E-state index contributed by atoms with van der Waals surface area (Å²) in [4.78, 5) is 16.2. The molecule has 0 aromatic heterocycles. The van der Waals surface area contributed by atoms with Gasteiger partial charge in [0, 0.05) is 38.4 Å². The molecule has 1 saturated heterocycles. The third-order valence-corrected chi connectivity index (χ3v) is 5.78. The third-order valence-electron chi connectivity index (χ3n) is 5.78. The summed E-state index contributed by atoms with van der Waals surface area (Å²) in [5.41, 5.74) is 1.47. The van der Waals surface area contributed by atoms with E-state index in [0.29, 0.717) is 18.2 Å². The molecular weight excluding hydrogens is 398 g/mol. The molecule has 0 unspecified atom stereocenters. The molecule has 0 spiro atoms. The molecule has 1 heterocycles. The van der Waals surface area contributed by atoms with Crippen LogP contribution in [-0.2, 0) is 4.74 Å². The van der Waals surface area contributed by atoms with Crippen molar-refractivity contribution in [1.29, 1.82) is 0 Å². The van der Waals surface area contributed by atoms with Crippen LogP contribution in [0.3, 0.4) is 0 Å². The number of hydrogen-bond donors (Lipinski definition) is 0. The molecule has 2 aromatic carbocycles. The first kappa shape index (κ1) is 23.2. The standard InChI is InChI=1S/C25H32F2N2O2/c1-5-31-24(30)22-11-8-19(16-23(22)26)18-6-9-20(10-7-18)28(4)21-12-14-29(15-13-21)17-25(2,3)27/h6-11,16,21H,5,12-15,17H2,1-4H3. The van der Waals surface area contributed by atoms with Crippen molar-refractivity contribution in [2.45, 2.75) is 45.3 Å². The lowest BCUT2D eigenvalue weighted by atomic mass is 10.00. The van der Waals surface area contributed by atoms with E-state index in [-0.39, 0.29) is 12.2 Å². The first-order valence-electron chi connectivity index (χ1n) is 10.9. The molecule has 0 N–H and O–H groups in total. The van der Waals surface area contributed by atoms with E-state index in [1.54, 1.807) is 26.8 Å². The number of anilines is 1. The maximum atomic E-state index is 14.4. The number of hydrogen-bond acceptors (Lipinski definition) is 4. The second-order valence-corrected chi connectivity index (χ2v) is 8.80. The van der Waals surface area contributed by atoms with Gasteiger partial charge in [-0.2, -0.15) is 0 Å². The molecular formula is C25H32F2N2O2. The topological polar surface area (TPSA) is 32.8 Å². The van der Waals surface area contributed by atoms with Crippen LogP contribution in [0.25, 0.3) is 11.1 Å². The Morgan fingerprint density at radius 1 is 1.13 bits per heavy atom. The van der Waals surface area contributed by atoms with Gasteiger partial charge in [-0.05, 0) is 69.0 Å². The van der Waals surface area contributed by atoms with Gasteiger partial charge in [0.15, 0.2) is 0 Å². The summed E-state index contributed by atoms with van der Waals surface area (Å²) >= 11 is 0. The van der Waals surface area contributed by atoms with Crippen LogP contribution >= 0.6 is 0 Å². The fourth-order valence-electron chi connectivity index (χ4n) is 4.17. The van der Waals surface area contributed by atoms with E-state index in [1.165, 1.54) is 12.1 Å². The molecule has 3 rings (SSSR count). The van der Waals surface area contributed by atoms with Crippen LogP contribution in [-0.4, -0.2) is 55.9 Å². The van der Waals surface area contributed by atoms with E-state index in [2.05, 4.69) is 16.8 Å². The predicted octanol–water partition coefficient (Wildman–Crippen LogP) is 5.32. The van der Waals surface area contributed by atoms with E-state index in [4.69, 9.17) is 4.74 Å². The summed E-state index contributed by atoms with van der Waals surface area (Å²) in [5.74, 6) is -1.23. The molecule has 168 valence electrons. The molecule has 2 aromatic rings. The maximum absolute atomic E-state index is 14.4. The SMILES string of the molecule is CCOC(=O)c1ccc(-c2ccc(N(C)C3CCN(CC(C)(C)F)CC3)cc2)cc1F. The van der Waals surface area contributed by atoms with Crippen molar-refractivity contribution in [3.05, 3.63) is 53.8 Å². The van der Waals surface area contributed by atoms with Crippen molar-refractivity contribution in [2.24, 2.45) is 0 Å². The lowest BCUT2D eigenvalue weighted by Gasteiger charge is -2.39. The van der Waals surface area contributed by atoms with Crippen LogP contribution in [0.1, 0.15) is 44.0 Å². The van der Waals surface area contributed by atoms with Crippen LogP contribution in [0.2, 0.25) is 0 Å². The minimum Gasteiger partial charge on any atom is -0.462 e. The number of carbonyl (C=O) groups is 1. The van der Waals surface area contributed by atoms with Gasteiger partial charge < -0.3 is 14.5 Å². The first-order chi connectivity index (χ1) is 14.7. The largest absolute Gasteiger partial charge is 0.462 e. The maximum Gasteiger partial charge on any atom is 0.341 e. The first-order valence-corrected chi connectivity index (χ1v) is 10.9. The third kappa shape index (κ3) is 6.03. The van der Waals surface area contributed by atoms with Gasteiger partial charge in [-0.1, -0.05) is 18.2 Å². The molecule has 0 amide bonds. The zero-order valence-electron chi connectivity index (χ0n) is 18.8. The van der Waals surface area contributed by atoms with Crippen molar-refractivity contribution >= 4 is 11.7 Å². The number of benzene rings is 2. The van der Waals surface area contributed by atoms with Gasteiger partial charge in [0.1, 0.15) is 11.5 Å². The molecule has 1 aliphatic heterocycles. The lowest BCUT2D eigenvalue weighted by molar-refractivity contribution is 0.0521. The van der Waals surface area contributed by atoms with Gasteiger partial charge in [-0.15, -0.1) is 0 Å². The van der Waals surface area contributed by atoms with Crippen LogP contribution < -0.4 is 4.90 Å². The zero-order chi connectivity index (χ0) is 22.6. The van der Waals surface area contributed by atoms with Crippen LogP contribution in [0.4, 0.5) is 14.5 Å². The minimum absolute atomic E-state index is 0.0514. The Morgan fingerprint density at radius 2 is 1.74 bits per heavy atom. The average Bonchev–Trinajstić information content (AvgIpc) is 2.73. The Bertz CT molecular complexity index is 885. The molecule has 0 bridgehead atoms. The number of esters is 1. The number of alkyl halides is 1. The highest BCUT2D eigenvalue weighted by Gasteiger charge is 2.27. The summed E-state index contributed by atoms with van der Waals surface area (Å²) in [5, 5.41) is 0. The van der Waals surface area contributed by atoms with E-state index >= 15 is 0 Å². The zero-order valence-corrected chi connectivity index (χ0v) is 18.8. The van der Waals surface area contributed by atoms with Gasteiger partial charge in [0.2, 0.25) is 0 Å². The number of ether oxygens (including phenoxy) is 1. The summed E-state index contributed by atoms with van der Waals surface area (Å²) < 4.78 is 33.1. The van der Waals surface area contributed by atoms with Crippen LogP contribution in [0.15, 0.2) is 42.5 Å². The van der Waals surface area contributed by atoms with Gasteiger partial charge in [0.25, 0.3) is 0 Å². The molecule has 4 nitrogen and oxygen atoms in total. The van der Waals surface area contributed by atoms with E-state index in [0.717, 1.165) is 37.2 Å². The summed E-state index contributed by atoms with van der Waals surface area (Å²) in [6.07, 6.45) is 1.99. The number of rotatable bonds is 7. The van der Waals surface area contributed by atoms with Crippen molar-refractivity contribution in [2.75, 3.05) is 38.2 Å². The molecule has 31 heavy (non-hydrogen) atoms. The molecule has 6 heteroatoms. The Balaban J connectivity index is 1.64. The van der Waals surface area contributed by atoms with Crippen molar-refractivity contribution in [3.63, 3.8) is 0 Å². The predicted molar refractivity (Wildman–Crippen MR) is 121 cm³/mol. The van der Waals surface area contributed by atoms with E-state index < -0.39 is 17.5 Å². The van der Waals surface area contributed by atoms with Gasteiger partial charge >= 0.3 is 5.97 Å². The molecule has 0 atom stereocenters. The number of nitrogens with zero attached hydrogens (tertiary/aromatic N) is 2. The van der Waals surface area contributed by atoms with Gasteiger partial charge in [-0.25, -0.2) is 13.6 Å². The number of piperidine rings is 1. The Kier molecular flexibility index (Phi) is 7.31. The highest BCUT2D eigenvalue weighted by atomic mass is 19.1. The average molecular weight is 431 g/mol. The molecule has 1 fully saturated rings. The monoisotopic (exact) mass is 430 g/mol. The minimum atomic E-state index is -1.16. The van der Waals surface area contributed by atoms with Gasteiger partial charge in [-0.3, -0.25) is 0 Å².